The number of rotatable bonds is 7. The zero-order chi connectivity index (χ0) is 20.0. The van der Waals surface area contributed by atoms with Crippen molar-refractivity contribution in [1.82, 2.24) is 0 Å². The van der Waals surface area contributed by atoms with Crippen LogP contribution in [0.3, 0.4) is 0 Å². The normalized spacial score (nSPS) is 10.1. The fraction of sp³-hybridized carbons (Fsp3) is 0.176. The molecule has 27 heavy (non-hydrogen) atoms. The monoisotopic (exact) mass is 374 g/mol. The molecule has 0 saturated carbocycles. The van der Waals surface area contributed by atoms with Gasteiger partial charge in [-0.15, -0.1) is 0 Å². The molecule has 0 aliphatic rings. The van der Waals surface area contributed by atoms with E-state index in [9.17, 15) is 29.8 Å². The number of carbonyl (C=O) groups excluding carboxylic acids is 2. The van der Waals surface area contributed by atoms with Crippen LogP contribution in [-0.4, -0.2) is 28.4 Å². The largest absolute Gasteiger partial charge is 0.462 e. The Labute approximate surface area is 152 Å². The summed E-state index contributed by atoms with van der Waals surface area (Å²) in [4.78, 5) is 43.8. The molecule has 0 aliphatic heterocycles. The average Bonchev–Trinajstić information content (AvgIpc) is 2.62. The van der Waals surface area contributed by atoms with Crippen LogP contribution in [0.2, 0.25) is 0 Å². The van der Waals surface area contributed by atoms with Crippen molar-refractivity contribution in [2.75, 3.05) is 6.61 Å². The smallest absolute Gasteiger partial charge is 0.338 e. The number of hydrogen-bond donors (Lipinski definition) is 0. The van der Waals surface area contributed by atoms with Crippen LogP contribution >= 0.6 is 0 Å². The Balaban J connectivity index is 2.10. The number of esters is 2. The number of nitro benzene ring substituents is 2. The number of hydrogen-bond acceptors (Lipinski definition) is 8. The number of nitrogens with zero attached hydrogens (tertiary/aromatic N) is 2. The molecule has 140 valence electrons. The maximum absolute atomic E-state index is 12.0. The van der Waals surface area contributed by atoms with Crippen molar-refractivity contribution < 1.29 is 28.9 Å². The lowest BCUT2D eigenvalue weighted by molar-refractivity contribution is -0.394. The summed E-state index contributed by atoms with van der Waals surface area (Å²) >= 11 is 0. The molecular weight excluding hydrogens is 360 g/mol. The van der Waals surface area contributed by atoms with Gasteiger partial charge in [-0.25, -0.2) is 4.79 Å². The highest BCUT2D eigenvalue weighted by atomic mass is 16.6. The number of carbonyl (C=O) groups is 2. The second-order valence-corrected chi connectivity index (χ2v) is 5.22. The Bertz CT molecular complexity index is 892. The molecule has 2 aromatic rings. The maximum atomic E-state index is 12.0. The highest BCUT2D eigenvalue weighted by Gasteiger charge is 2.22. The van der Waals surface area contributed by atoms with Gasteiger partial charge in [0.15, 0.2) is 0 Å². The fourth-order valence-corrected chi connectivity index (χ4v) is 2.18. The van der Waals surface area contributed by atoms with Crippen molar-refractivity contribution in [2.24, 2.45) is 0 Å². The third-order valence-electron chi connectivity index (χ3n) is 3.41. The molecule has 0 fully saturated rings. The first-order valence-corrected chi connectivity index (χ1v) is 7.71. The molecule has 0 heterocycles. The molecule has 0 saturated heterocycles. The number of nitro groups is 2. The lowest BCUT2D eigenvalue weighted by Gasteiger charge is -2.06. The molecular formula is C17H14N2O8. The third-order valence-corrected chi connectivity index (χ3v) is 3.41. The topological polar surface area (TPSA) is 139 Å². The van der Waals surface area contributed by atoms with Gasteiger partial charge in [0, 0.05) is 11.6 Å². The van der Waals surface area contributed by atoms with Crippen LogP contribution in [0.4, 0.5) is 11.4 Å². The third kappa shape index (κ3) is 5.08. The summed E-state index contributed by atoms with van der Waals surface area (Å²) < 4.78 is 9.91. The molecule has 0 amide bonds. The van der Waals surface area contributed by atoms with Gasteiger partial charge in [-0.05, 0) is 37.3 Å². The van der Waals surface area contributed by atoms with E-state index in [2.05, 4.69) is 0 Å². The van der Waals surface area contributed by atoms with Crippen LogP contribution in [0.15, 0.2) is 42.5 Å². The number of benzene rings is 2. The average molecular weight is 374 g/mol. The number of ether oxygens (including phenoxy) is 2. The minimum Gasteiger partial charge on any atom is -0.462 e. The predicted molar refractivity (Wildman–Crippen MR) is 91.5 cm³/mol. The van der Waals surface area contributed by atoms with Gasteiger partial charge >= 0.3 is 11.9 Å². The zero-order valence-corrected chi connectivity index (χ0v) is 14.1. The van der Waals surface area contributed by atoms with Crippen LogP contribution in [0, 0.1) is 20.2 Å². The molecule has 10 heteroatoms. The molecule has 0 radical (unpaired) electrons. The van der Waals surface area contributed by atoms with Crippen LogP contribution < -0.4 is 4.74 Å². The molecule has 0 bridgehead atoms. The van der Waals surface area contributed by atoms with Crippen molar-refractivity contribution in [3.63, 3.8) is 0 Å². The van der Waals surface area contributed by atoms with Crippen molar-refractivity contribution >= 4 is 23.3 Å². The Morgan fingerprint density at radius 3 is 2.22 bits per heavy atom. The van der Waals surface area contributed by atoms with E-state index in [-0.39, 0.29) is 23.5 Å². The highest BCUT2D eigenvalue weighted by molar-refractivity contribution is 5.89. The zero-order valence-electron chi connectivity index (χ0n) is 14.1. The Kier molecular flexibility index (Phi) is 6.15. The second kappa shape index (κ2) is 8.52. The van der Waals surface area contributed by atoms with Gasteiger partial charge in [0.25, 0.3) is 11.4 Å². The Hall–Kier alpha value is -3.82. The molecule has 0 spiro atoms. The summed E-state index contributed by atoms with van der Waals surface area (Å²) in [5.41, 5.74) is -0.728. The summed E-state index contributed by atoms with van der Waals surface area (Å²) in [5, 5.41) is 21.8. The van der Waals surface area contributed by atoms with E-state index in [0.29, 0.717) is 0 Å². The molecule has 0 unspecified atom stereocenters. The fourth-order valence-electron chi connectivity index (χ4n) is 2.18. The van der Waals surface area contributed by atoms with Gasteiger partial charge in [-0.2, -0.15) is 0 Å². The number of non-ortho nitro benzene ring substituents is 1. The van der Waals surface area contributed by atoms with Gasteiger partial charge in [-0.1, -0.05) is 0 Å². The van der Waals surface area contributed by atoms with E-state index >= 15 is 0 Å². The van der Waals surface area contributed by atoms with Gasteiger partial charge < -0.3 is 9.47 Å². The van der Waals surface area contributed by atoms with Crippen LogP contribution in [0.1, 0.15) is 22.8 Å². The van der Waals surface area contributed by atoms with Crippen LogP contribution in [0.25, 0.3) is 0 Å². The summed E-state index contributed by atoms with van der Waals surface area (Å²) in [5.74, 6) is -1.18. The summed E-state index contributed by atoms with van der Waals surface area (Å²) in [6.45, 7) is 1.90. The van der Waals surface area contributed by atoms with Crippen molar-refractivity contribution in [3.05, 3.63) is 73.8 Å². The Morgan fingerprint density at radius 1 is 1.00 bits per heavy atom. The van der Waals surface area contributed by atoms with Crippen molar-refractivity contribution in [1.29, 1.82) is 0 Å². The van der Waals surface area contributed by atoms with E-state index < -0.39 is 39.6 Å². The Morgan fingerprint density at radius 2 is 1.67 bits per heavy atom. The standard InChI is InChI=1S/C17H14N2O8/c1-2-26-17(21)11-4-7-14(8-5-11)27-16(20)9-12-3-6-13(18(22)23)10-15(12)19(24)25/h3-8,10H,2,9H2,1H3. The van der Waals surface area contributed by atoms with E-state index in [4.69, 9.17) is 9.47 Å². The highest BCUT2D eigenvalue weighted by Crippen LogP contribution is 2.25. The van der Waals surface area contributed by atoms with Gasteiger partial charge in [0.05, 0.1) is 34.5 Å². The molecule has 2 aromatic carbocycles. The summed E-state index contributed by atoms with van der Waals surface area (Å²) in [7, 11) is 0. The summed E-state index contributed by atoms with van der Waals surface area (Å²) in [6, 6.07) is 8.59. The van der Waals surface area contributed by atoms with E-state index in [0.717, 1.165) is 18.2 Å². The van der Waals surface area contributed by atoms with E-state index in [1.54, 1.807) is 6.92 Å². The van der Waals surface area contributed by atoms with Crippen LogP contribution in [0.5, 0.6) is 5.75 Å². The van der Waals surface area contributed by atoms with Gasteiger partial charge in [0.1, 0.15) is 5.75 Å². The lowest BCUT2D eigenvalue weighted by atomic mass is 10.1. The molecule has 0 aromatic heterocycles. The first-order chi connectivity index (χ1) is 12.8. The van der Waals surface area contributed by atoms with Crippen molar-refractivity contribution in [3.8, 4) is 5.75 Å². The minimum atomic E-state index is -0.802. The van der Waals surface area contributed by atoms with E-state index in [1.807, 2.05) is 0 Å². The van der Waals surface area contributed by atoms with E-state index in [1.165, 1.54) is 24.3 Å². The molecule has 0 aliphatic carbocycles. The predicted octanol–water partition coefficient (Wildman–Crippen LogP) is 2.83. The minimum absolute atomic E-state index is 0.0151. The lowest BCUT2D eigenvalue weighted by Crippen LogP contribution is -2.13. The maximum Gasteiger partial charge on any atom is 0.338 e. The second-order valence-electron chi connectivity index (χ2n) is 5.22. The molecule has 2 rings (SSSR count). The SMILES string of the molecule is CCOC(=O)c1ccc(OC(=O)Cc2ccc([N+](=O)[O-])cc2[N+](=O)[O-])cc1. The summed E-state index contributed by atoms with van der Waals surface area (Å²) in [6.07, 6.45) is -0.450. The van der Waals surface area contributed by atoms with Gasteiger partial charge in [-0.3, -0.25) is 25.0 Å². The molecule has 0 N–H and O–H groups in total. The van der Waals surface area contributed by atoms with Crippen LogP contribution in [-0.2, 0) is 16.0 Å². The molecule has 0 atom stereocenters. The molecule has 10 nitrogen and oxygen atoms in total. The first kappa shape index (κ1) is 19.5. The van der Waals surface area contributed by atoms with Gasteiger partial charge in [0.2, 0.25) is 0 Å². The van der Waals surface area contributed by atoms with Crippen molar-refractivity contribution in [2.45, 2.75) is 13.3 Å². The first-order valence-electron chi connectivity index (χ1n) is 7.71. The quantitative estimate of drug-likeness (QED) is 0.312.